The van der Waals surface area contributed by atoms with Crippen molar-refractivity contribution < 1.29 is 27.9 Å². The third-order valence-electron chi connectivity index (χ3n) is 3.94. The highest BCUT2D eigenvalue weighted by atomic mass is 32.2. The van der Waals surface area contributed by atoms with Crippen LogP contribution in [0.3, 0.4) is 0 Å². The molecule has 0 aromatic carbocycles. The lowest BCUT2D eigenvalue weighted by Gasteiger charge is -2.35. The number of nitrogens with zero attached hydrogens (tertiary/aromatic N) is 1. The van der Waals surface area contributed by atoms with Crippen LogP contribution < -0.4 is 0 Å². The van der Waals surface area contributed by atoms with E-state index >= 15 is 0 Å². The Kier molecular flexibility index (Phi) is 5.38. The largest absolute Gasteiger partial charge is 0.481 e. The van der Waals surface area contributed by atoms with Gasteiger partial charge in [0.2, 0.25) is 5.91 Å². The van der Waals surface area contributed by atoms with Gasteiger partial charge >= 0.3 is 5.97 Å². The average molecular weight is 321 g/mol. The predicted octanol–water partition coefficient (Wildman–Crippen LogP) is 0.148. The van der Waals surface area contributed by atoms with Crippen LogP contribution >= 0.6 is 0 Å². The number of carboxylic acids is 1. The zero-order valence-corrected chi connectivity index (χ0v) is 13.6. The van der Waals surface area contributed by atoms with Gasteiger partial charge in [-0.15, -0.1) is 0 Å². The minimum absolute atomic E-state index is 0.0345. The van der Waals surface area contributed by atoms with Crippen LogP contribution in [-0.2, 0) is 24.2 Å². The van der Waals surface area contributed by atoms with Crippen molar-refractivity contribution in [2.24, 2.45) is 5.92 Å². The Morgan fingerprint density at radius 2 is 1.90 bits per heavy atom. The average Bonchev–Trinajstić information content (AvgIpc) is 2.82. The van der Waals surface area contributed by atoms with E-state index in [0.717, 1.165) is 6.26 Å². The lowest BCUT2D eigenvalue weighted by Crippen LogP contribution is -2.56. The molecule has 2 unspecified atom stereocenters. The van der Waals surface area contributed by atoms with E-state index in [1.807, 2.05) is 6.92 Å². The van der Waals surface area contributed by atoms with Gasteiger partial charge in [0.1, 0.15) is 10.7 Å². The van der Waals surface area contributed by atoms with Crippen molar-refractivity contribution in [2.75, 3.05) is 26.0 Å². The van der Waals surface area contributed by atoms with Gasteiger partial charge in [-0.3, -0.25) is 9.59 Å². The first-order valence-corrected chi connectivity index (χ1v) is 8.74. The van der Waals surface area contributed by atoms with E-state index < -0.39 is 38.4 Å². The van der Waals surface area contributed by atoms with Gasteiger partial charge in [-0.25, -0.2) is 8.42 Å². The van der Waals surface area contributed by atoms with Crippen LogP contribution in [0, 0.1) is 5.92 Å². The highest BCUT2D eigenvalue weighted by Gasteiger charge is 2.47. The Morgan fingerprint density at radius 1 is 1.33 bits per heavy atom. The van der Waals surface area contributed by atoms with Crippen LogP contribution in [0.15, 0.2) is 0 Å². The number of amides is 1. The first-order chi connectivity index (χ1) is 9.54. The quantitative estimate of drug-likeness (QED) is 0.747. The van der Waals surface area contributed by atoms with Crippen molar-refractivity contribution in [1.82, 2.24) is 4.90 Å². The van der Waals surface area contributed by atoms with Gasteiger partial charge in [-0.05, 0) is 20.3 Å². The number of sulfone groups is 1. The fourth-order valence-electron chi connectivity index (χ4n) is 2.25. The van der Waals surface area contributed by atoms with E-state index in [1.165, 1.54) is 18.7 Å². The van der Waals surface area contributed by atoms with Crippen LogP contribution in [-0.4, -0.2) is 67.1 Å². The summed E-state index contributed by atoms with van der Waals surface area (Å²) in [6, 6.07) is -0.629. The highest BCUT2D eigenvalue weighted by molar-refractivity contribution is 7.92. The summed E-state index contributed by atoms with van der Waals surface area (Å²) in [5.41, 5.74) is 0. The fourth-order valence-corrected chi connectivity index (χ4v) is 2.68. The minimum atomic E-state index is -3.61. The normalized spacial score (nSPS) is 23.0. The molecule has 8 heteroatoms. The second kappa shape index (κ2) is 6.31. The fraction of sp³-hybridized carbons (Fsp3) is 0.846. The third-order valence-corrected chi connectivity index (χ3v) is 5.96. The van der Waals surface area contributed by atoms with Crippen LogP contribution in [0.25, 0.3) is 0 Å². The molecule has 1 rings (SSSR count). The van der Waals surface area contributed by atoms with Crippen molar-refractivity contribution in [1.29, 1.82) is 0 Å². The lowest BCUT2D eigenvalue weighted by atomic mass is 10.00. The molecule has 1 aliphatic rings. The number of carbonyl (C=O) groups is 2. The number of aliphatic carboxylic acids is 1. The van der Waals surface area contributed by atoms with Crippen molar-refractivity contribution in [3.05, 3.63) is 0 Å². The first kappa shape index (κ1) is 17.9. The second-order valence-corrected chi connectivity index (χ2v) is 8.40. The van der Waals surface area contributed by atoms with Gasteiger partial charge in [-0.2, -0.15) is 0 Å². The van der Waals surface area contributed by atoms with Gasteiger partial charge in [-0.1, -0.05) is 6.92 Å². The van der Waals surface area contributed by atoms with E-state index in [2.05, 4.69) is 0 Å². The molecule has 0 radical (unpaired) electrons. The molecule has 1 aliphatic heterocycles. The summed E-state index contributed by atoms with van der Waals surface area (Å²) in [6.45, 7) is 4.99. The monoisotopic (exact) mass is 321 g/mol. The molecule has 0 saturated carbocycles. The maximum absolute atomic E-state index is 12.7. The molecule has 7 nitrogen and oxygen atoms in total. The van der Waals surface area contributed by atoms with Crippen molar-refractivity contribution in [3.8, 4) is 0 Å². The molecule has 0 aromatic heterocycles. The smallest absolute Gasteiger partial charge is 0.311 e. The number of hydrogen-bond donors (Lipinski definition) is 1. The van der Waals surface area contributed by atoms with Crippen LogP contribution in [0.1, 0.15) is 27.2 Å². The van der Waals surface area contributed by atoms with E-state index in [-0.39, 0.29) is 13.2 Å². The van der Waals surface area contributed by atoms with E-state index in [9.17, 15) is 23.1 Å². The molecule has 1 heterocycles. The summed E-state index contributed by atoms with van der Waals surface area (Å²) in [6.07, 6.45) is 1.61. The molecule has 1 fully saturated rings. The Hall–Kier alpha value is -1.15. The molecule has 1 saturated heterocycles. The van der Waals surface area contributed by atoms with Gasteiger partial charge in [0, 0.05) is 12.8 Å². The number of rotatable bonds is 6. The van der Waals surface area contributed by atoms with Crippen molar-refractivity contribution in [2.45, 2.75) is 38.0 Å². The molecule has 1 N–H and O–H groups in total. The topological polar surface area (TPSA) is 101 Å². The second-order valence-electron chi connectivity index (χ2n) is 5.83. The Bertz CT molecular complexity index is 513. The number of ether oxygens (including phenoxy) is 1. The first-order valence-electron chi connectivity index (χ1n) is 6.85. The molecule has 1 amide bonds. The molecular formula is C13H23NO6S. The molecule has 21 heavy (non-hydrogen) atoms. The maximum atomic E-state index is 12.7. The summed E-state index contributed by atoms with van der Waals surface area (Å²) in [5, 5.41) is 9.21. The minimum Gasteiger partial charge on any atom is -0.481 e. The van der Waals surface area contributed by atoms with Gasteiger partial charge < -0.3 is 14.7 Å². The van der Waals surface area contributed by atoms with Gasteiger partial charge in [0.15, 0.2) is 9.84 Å². The summed E-state index contributed by atoms with van der Waals surface area (Å²) in [4.78, 5) is 25.3. The Morgan fingerprint density at radius 3 is 2.33 bits per heavy atom. The van der Waals surface area contributed by atoms with E-state index in [4.69, 9.17) is 4.74 Å². The molecule has 0 aliphatic carbocycles. The molecular weight excluding hydrogens is 298 g/mol. The van der Waals surface area contributed by atoms with Crippen LogP contribution in [0.4, 0.5) is 0 Å². The zero-order valence-electron chi connectivity index (χ0n) is 12.8. The molecule has 0 bridgehead atoms. The summed E-state index contributed by atoms with van der Waals surface area (Å²) in [5.74, 6) is -2.44. The van der Waals surface area contributed by atoms with E-state index in [0.29, 0.717) is 13.0 Å². The van der Waals surface area contributed by atoms with Crippen LogP contribution in [0.2, 0.25) is 0 Å². The van der Waals surface area contributed by atoms with Crippen molar-refractivity contribution >= 4 is 21.7 Å². The van der Waals surface area contributed by atoms with Gasteiger partial charge in [0.05, 0.1) is 19.3 Å². The molecule has 122 valence electrons. The molecule has 0 spiro atoms. The summed E-state index contributed by atoms with van der Waals surface area (Å²) >= 11 is 0. The van der Waals surface area contributed by atoms with Crippen LogP contribution in [0.5, 0.6) is 0 Å². The highest BCUT2D eigenvalue weighted by Crippen LogP contribution is 2.26. The summed E-state index contributed by atoms with van der Waals surface area (Å²) in [7, 11) is -3.61. The molecule has 0 aromatic rings. The maximum Gasteiger partial charge on any atom is 0.311 e. The van der Waals surface area contributed by atoms with E-state index in [1.54, 1.807) is 0 Å². The van der Waals surface area contributed by atoms with Crippen molar-refractivity contribution in [3.63, 3.8) is 0 Å². The number of carboxylic acid groups (broad SMARTS) is 1. The number of carbonyl (C=O) groups excluding carboxylic acids is 1. The summed E-state index contributed by atoms with van der Waals surface area (Å²) < 4.78 is 27.3. The third kappa shape index (κ3) is 3.55. The lowest BCUT2D eigenvalue weighted by molar-refractivity contribution is -0.145. The molecule has 2 atom stereocenters. The predicted molar refractivity (Wildman–Crippen MR) is 76.7 cm³/mol. The Balaban J connectivity index is 3.12. The zero-order chi connectivity index (χ0) is 16.4. The SMILES string of the molecule is CCCN(C(=O)C(C)(C)S(C)(=O)=O)C1COCC1C(=O)O. The number of hydrogen-bond acceptors (Lipinski definition) is 5. The van der Waals surface area contributed by atoms with Gasteiger partial charge in [0.25, 0.3) is 0 Å². The Labute approximate surface area is 125 Å². The standard InChI is InChI=1S/C13H23NO6S/c1-5-6-14(10-8-20-7-9(10)11(15)16)12(17)13(2,3)21(4,18)19/h9-10H,5-8H2,1-4H3,(H,15,16).